The molecule has 0 bridgehead atoms. The Morgan fingerprint density at radius 1 is 1.48 bits per heavy atom. The molecule has 8 nitrogen and oxygen atoms in total. The summed E-state index contributed by atoms with van der Waals surface area (Å²) < 4.78 is 7.67. The number of aromatic amines is 1. The number of aryl methyl sites for hydroxylation is 3. The molecule has 2 N–H and O–H groups in total. The zero-order chi connectivity index (χ0) is 16.6. The van der Waals surface area contributed by atoms with Crippen LogP contribution in [0.2, 0.25) is 0 Å². The van der Waals surface area contributed by atoms with Gasteiger partial charge in [-0.25, -0.2) is 0 Å². The van der Waals surface area contributed by atoms with Gasteiger partial charge in [0.15, 0.2) is 0 Å². The smallest absolute Gasteiger partial charge is 0.248 e. The van der Waals surface area contributed by atoms with Crippen LogP contribution in [0.4, 0.5) is 5.95 Å². The first kappa shape index (κ1) is 15.7. The summed E-state index contributed by atoms with van der Waals surface area (Å²) in [5.74, 6) is 0.688. The van der Waals surface area contributed by atoms with Crippen LogP contribution in [0.1, 0.15) is 42.2 Å². The molecule has 0 unspecified atom stereocenters. The summed E-state index contributed by atoms with van der Waals surface area (Å²) in [6, 6.07) is 0. The molecular formula is C15H22N6O2. The first-order valence-corrected chi connectivity index (χ1v) is 7.85. The summed E-state index contributed by atoms with van der Waals surface area (Å²) in [7, 11) is 1.90. The fourth-order valence-corrected chi connectivity index (χ4v) is 3.06. The summed E-state index contributed by atoms with van der Waals surface area (Å²) in [4.78, 5) is 16.8. The molecule has 1 amide bonds. The normalized spacial score (nSPS) is 20.9. The number of H-pyrrole nitrogens is 1. The predicted molar refractivity (Wildman–Crippen MR) is 83.9 cm³/mol. The Kier molecular flexibility index (Phi) is 4.16. The zero-order valence-corrected chi connectivity index (χ0v) is 13.9. The van der Waals surface area contributed by atoms with Crippen LogP contribution >= 0.6 is 0 Å². The van der Waals surface area contributed by atoms with Gasteiger partial charge in [0, 0.05) is 31.3 Å². The highest BCUT2D eigenvalue weighted by Gasteiger charge is 2.38. The summed E-state index contributed by atoms with van der Waals surface area (Å²) in [5, 5.41) is 14.0. The van der Waals surface area contributed by atoms with Gasteiger partial charge in [0.1, 0.15) is 5.82 Å². The Labute approximate surface area is 134 Å². The number of aromatic nitrogens is 5. The van der Waals surface area contributed by atoms with E-state index in [0.29, 0.717) is 19.0 Å². The van der Waals surface area contributed by atoms with Gasteiger partial charge in [0.25, 0.3) is 0 Å². The van der Waals surface area contributed by atoms with Gasteiger partial charge in [-0.05, 0) is 20.3 Å². The molecule has 0 aliphatic carbocycles. The maximum atomic E-state index is 12.6. The van der Waals surface area contributed by atoms with Crippen molar-refractivity contribution in [1.82, 2.24) is 25.0 Å². The van der Waals surface area contributed by atoms with Crippen molar-refractivity contribution in [2.45, 2.75) is 39.7 Å². The summed E-state index contributed by atoms with van der Waals surface area (Å²) in [6.07, 6.45) is 1.15. The van der Waals surface area contributed by atoms with Gasteiger partial charge in [0.05, 0.1) is 17.7 Å². The maximum absolute atomic E-state index is 12.6. The highest BCUT2D eigenvalue weighted by molar-refractivity contribution is 5.91. The quantitative estimate of drug-likeness (QED) is 0.889. The number of ether oxygens (including phenoxy) is 1. The molecule has 2 aromatic heterocycles. The number of nitrogens with zero attached hydrogens (tertiary/aromatic N) is 4. The van der Waals surface area contributed by atoms with Crippen molar-refractivity contribution >= 4 is 11.9 Å². The van der Waals surface area contributed by atoms with Crippen molar-refractivity contribution in [2.24, 2.45) is 13.0 Å². The number of hydrogen-bond acceptors (Lipinski definition) is 5. The van der Waals surface area contributed by atoms with Gasteiger partial charge in [-0.2, -0.15) is 10.1 Å². The van der Waals surface area contributed by atoms with Crippen LogP contribution in [0, 0.1) is 19.8 Å². The maximum Gasteiger partial charge on any atom is 0.248 e. The minimum Gasteiger partial charge on any atom is -0.373 e. The molecule has 1 aliphatic rings. The highest BCUT2D eigenvalue weighted by Crippen LogP contribution is 2.38. The lowest BCUT2D eigenvalue weighted by Crippen LogP contribution is -2.26. The van der Waals surface area contributed by atoms with Crippen LogP contribution in [0.5, 0.6) is 0 Å². The summed E-state index contributed by atoms with van der Waals surface area (Å²) >= 11 is 0. The number of anilines is 1. The average molecular weight is 318 g/mol. The molecule has 2 atom stereocenters. The first-order chi connectivity index (χ1) is 11.0. The van der Waals surface area contributed by atoms with E-state index in [1.54, 1.807) is 0 Å². The Hall–Kier alpha value is -2.22. The molecule has 0 saturated carbocycles. The average Bonchev–Trinajstić information content (AvgIpc) is 3.20. The van der Waals surface area contributed by atoms with Crippen LogP contribution in [-0.2, 0) is 23.0 Å². The molecule has 8 heteroatoms. The first-order valence-electron chi connectivity index (χ1n) is 7.85. The van der Waals surface area contributed by atoms with Gasteiger partial charge in [-0.1, -0.05) is 6.92 Å². The molecule has 124 valence electrons. The summed E-state index contributed by atoms with van der Waals surface area (Å²) in [6.45, 7) is 6.47. The fourth-order valence-electron chi connectivity index (χ4n) is 3.06. The standard InChI is InChI=1S/C15H22N6O2/c1-5-11-16-15(19-18-11)17-14(22)10-6-7-23-13(10)12-8(2)20-21(4)9(12)3/h10,13H,5-7H2,1-4H3,(H2,16,17,18,19,22)/t10-,13-/m0/s1. The van der Waals surface area contributed by atoms with E-state index in [0.717, 1.165) is 29.2 Å². The zero-order valence-electron chi connectivity index (χ0n) is 13.9. The largest absolute Gasteiger partial charge is 0.373 e. The summed E-state index contributed by atoms with van der Waals surface area (Å²) in [5.41, 5.74) is 2.94. The number of rotatable bonds is 4. The Morgan fingerprint density at radius 2 is 2.26 bits per heavy atom. The lowest BCUT2D eigenvalue weighted by Gasteiger charge is -2.18. The van der Waals surface area contributed by atoms with Crippen LogP contribution in [0.15, 0.2) is 0 Å². The fraction of sp³-hybridized carbons (Fsp3) is 0.600. The third kappa shape index (κ3) is 2.86. The molecule has 2 aromatic rings. The molecule has 1 fully saturated rings. The van der Waals surface area contributed by atoms with E-state index in [4.69, 9.17) is 4.74 Å². The Bertz CT molecular complexity index is 720. The van der Waals surface area contributed by atoms with Crippen molar-refractivity contribution in [3.05, 3.63) is 22.8 Å². The second kappa shape index (κ2) is 6.11. The van der Waals surface area contributed by atoms with Crippen molar-refractivity contribution in [3.63, 3.8) is 0 Å². The lowest BCUT2D eigenvalue weighted by atomic mass is 9.93. The van der Waals surface area contributed by atoms with Crippen molar-refractivity contribution < 1.29 is 9.53 Å². The SMILES string of the molecule is CCc1nc(NC(=O)[C@H]2CCO[C@@H]2c2c(C)nn(C)c2C)n[nH]1. The van der Waals surface area contributed by atoms with Crippen LogP contribution in [0.25, 0.3) is 0 Å². The van der Waals surface area contributed by atoms with Crippen LogP contribution < -0.4 is 5.32 Å². The highest BCUT2D eigenvalue weighted by atomic mass is 16.5. The van der Waals surface area contributed by atoms with Crippen LogP contribution in [-0.4, -0.2) is 37.5 Å². The van der Waals surface area contributed by atoms with Gasteiger partial charge in [0.2, 0.25) is 11.9 Å². The van der Waals surface area contributed by atoms with E-state index >= 15 is 0 Å². The molecule has 1 saturated heterocycles. The number of nitrogens with one attached hydrogen (secondary N) is 2. The number of amides is 1. The second-order valence-electron chi connectivity index (χ2n) is 5.84. The minimum absolute atomic E-state index is 0.114. The third-order valence-electron chi connectivity index (χ3n) is 4.38. The number of carbonyl (C=O) groups excluding carboxylic acids is 1. The third-order valence-corrected chi connectivity index (χ3v) is 4.38. The molecule has 3 heterocycles. The monoisotopic (exact) mass is 318 g/mol. The molecule has 23 heavy (non-hydrogen) atoms. The lowest BCUT2D eigenvalue weighted by molar-refractivity contribution is -0.121. The van der Waals surface area contributed by atoms with Crippen LogP contribution in [0.3, 0.4) is 0 Å². The van der Waals surface area contributed by atoms with E-state index < -0.39 is 0 Å². The van der Waals surface area contributed by atoms with Gasteiger partial charge in [-0.3, -0.25) is 19.9 Å². The molecule has 3 rings (SSSR count). The van der Waals surface area contributed by atoms with Gasteiger partial charge < -0.3 is 4.74 Å². The van der Waals surface area contributed by atoms with E-state index in [9.17, 15) is 4.79 Å². The molecular weight excluding hydrogens is 296 g/mol. The number of carbonyl (C=O) groups is 1. The molecule has 0 spiro atoms. The van der Waals surface area contributed by atoms with Crippen molar-refractivity contribution in [1.29, 1.82) is 0 Å². The van der Waals surface area contributed by atoms with Gasteiger partial charge in [-0.15, -0.1) is 5.10 Å². The molecule has 0 aromatic carbocycles. The number of hydrogen-bond donors (Lipinski definition) is 2. The van der Waals surface area contributed by atoms with E-state index in [1.807, 2.05) is 32.5 Å². The van der Waals surface area contributed by atoms with E-state index in [2.05, 4.69) is 25.6 Å². The Balaban J connectivity index is 1.79. The van der Waals surface area contributed by atoms with E-state index in [-0.39, 0.29) is 17.9 Å². The van der Waals surface area contributed by atoms with Crippen molar-refractivity contribution in [3.8, 4) is 0 Å². The van der Waals surface area contributed by atoms with E-state index in [1.165, 1.54) is 0 Å². The second-order valence-corrected chi connectivity index (χ2v) is 5.84. The minimum atomic E-state index is -0.270. The predicted octanol–water partition coefficient (Wildman–Crippen LogP) is 1.43. The van der Waals surface area contributed by atoms with Crippen molar-refractivity contribution in [2.75, 3.05) is 11.9 Å². The Morgan fingerprint density at radius 3 is 2.87 bits per heavy atom. The molecule has 0 radical (unpaired) electrons. The topological polar surface area (TPSA) is 97.7 Å². The molecule has 1 aliphatic heterocycles. The van der Waals surface area contributed by atoms with Gasteiger partial charge >= 0.3 is 0 Å².